The summed E-state index contributed by atoms with van der Waals surface area (Å²) in [6.07, 6.45) is 0.378. The second-order valence-corrected chi connectivity index (χ2v) is 5.64. The van der Waals surface area contributed by atoms with E-state index in [1.807, 2.05) is 32.0 Å². The second-order valence-electron chi connectivity index (χ2n) is 5.64. The molecule has 0 saturated carbocycles. The van der Waals surface area contributed by atoms with Gasteiger partial charge in [0.2, 0.25) is 0 Å². The van der Waals surface area contributed by atoms with Crippen molar-refractivity contribution >= 4 is 5.97 Å². The van der Waals surface area contributed by atoms with Crippen molar-refractivity contribution in [3.8, 4) is 5.75 Å². The van der Waals surface area contributed by atoms with Crippen LogP contribution in [0.5, 0.6) is 5.75 Å². The van der Waals surface area contributed by atoms with Gasteiger partial charge >= 0.3 is 5.97 Å². The van der Waals surface area contributed by atoms with Crippen LogP contribution >= 0.6 is 0 Å². The molecule has 0 amide bonds. The Hall–Kier alpha value is -1.59. The fraction of sp³-hybridized carbons (Fsp3) is 0.562. The number of hydrogen-bond donors (Lipinski definition) is 0. The molecule has 1 heterocycles. The van der Waals surface area contributed by atoms with Gasteiger partial charge in [-0.3, -0.25) is 0 Å². The van der Waals surface area contributed by atoms with E-state index >= 15 is 0 Å². The first-order valence-electron chi connectivity index (χ1n) is 6.83. The molecule has 1 saturated heterocycles. The minimum absolute atomic E-state index is 0.315. The van der Waals surface area contributed by atoms with Crippen molar-refractivity contribution in [1.82, 2.24) is 0 Å². The summed E-state index contributed by atoms with van der Waals surface area (Å²) in [6.45, 7) is 4.19. The van der Waals surface area contributed by atoms with Crippen molar-refractivity contribution in [2.24, 2.45) is 0 Å². The first kappa shape index (κ1) is 15.8. The summed E-state index contributed by atoms with van der Waals surface area (Å²) in [4.78, 5) is 12.5. The van der Waals surface area contributed by atoms with E-state index in [1.165, 1.54) is 7.11 Å². The summed E-state index contributed by atoms with van der Waals surface area (Å²) in [7, 11) is 4.55. The van der Waals surface area contributed by atoms with Crippen LogP contribution in [-0.4, -0.2) is 39.5 Å². The molecule has 1 aliphatic rings. The summed E-state index contributed by atoms with van der Waals surface area (Å²) in [6, 6.07) is 5.66. The van der Waals surface area contributed by atoms with Crippen molar-refractivity contribution < 1.29 is 23.7 Å². The molecule has 0 unspecified atom stereocenters. The fourth-order valence-corrected chi connectivity index (χ4v) is 2.75. The van der Waals surface area contributed by atoms with Gasteiger partial charge in [-0.1, -0.05) is 11.6 Å². The predicted octanol–water partition coefficient (Wildman–Crippen LogP) is 2.20. The molecule has 1 aliphatic heterocycles. The van der Waals surface area contributed by atoms with E-state index in [2.05, 4.69) is 0 Å². The molecular formula is C16H22O5. The monoisotopic (exact) mass is 294 g/mol. The molecule has 5 nitrogen and oxygen atoms in total. The van der Waals surface area contributed by atoms with Crippen LogP contribution < -0.4 is 4.74 Å². The number of rotatable bonds is 4. The molecule has 2 rings (SSSR count). The molecule has 0 N–H and O–H groups in total. The van der Waals surface area contributed by atoms with E-state index in [4.69, 9.17) is 18.9 Å². The lowest BCUT2D eigenvalue weighted by Gasteiger charge is -2.29. The Kier molecular flexibility index (Phi) is 4.25. The zero-order valence-electron chi connectivity index (χ0n) is 13.2. The van der Waals surface area contributed by atoms with Crippen LogP contribution in [0.3, 0.4) is 0 Å². The molecule has 0 bridgehead atoms. The van der Waals surface area contributed by atoms with Crippen molar-refractivity contribution in [3.05, 3.63) is 29.3 Å². The minimum Gasteiger partial charge on any atom is -0.496 e. The molecule has 5 heteroatoms. The number of hydrogen-bond acceptors (Lipinski definition) is 5. The molecular weight excluding hydrogens is 272 g/mol. The number of carbonyl (C=O) groups excluding carboxylic acids is 1. The lowest BCUT2D eigenvalue weighted by atomic mass is 9.84. The SMILES string of the molecule is COC(=O)[C@@]1(c2cc(C)ccc2OC)C[C@@](C)(OC)CO1. The molecule has 0 aromatic heterocycles. The smallest absolute Gasteiger partial charge is 0.343 e. The van der Waals surface area contributed by atoms with Crippen molar-refractivity contribution in [1.29, 1.82) is 0 Å². The highest BCUT2D eigenvalue weighted by Crippen LogP contribution is 2.46. The summed E-state index contributed by atoms with van der Waals surface area (Å²) < 4.78 is 21.8. The molecule has 116 valence electrons. The normalized spacial score (nSPS) is 28.4. The summed E-state index contributed by atoms with van der Waals surface area (Å²) in [5.41, 5.74) is -0.0406. The summed E-state index contributed by atoms with van der Waals surface area (Å²) in [5, 5.41) is 0. The average molecular weight is 294 g/mol. The van der Waals surface area contributed by atoms with Crippen LogP contribution in [0, 0.1) is 6.92 Å². The van der Waals surface area contributed by atoms with Crippen LogP contribution in [0.2, 0.25) is 0 Å². The number of benzene rings is 1. The van der Waals surface area contributed by atoms with Crippen molar-refractivity contribution in [2.75, 3.05) is 27.9 Å². The maximum Gasteiger partial charge on any atom is 0.343 e. The fourth-order valence-electron chi connectivity index (χ4n) is 2.75. The summed E-state index contributed by atoms with van der Waals surface area (Å²) in [5.74, 6) is 0.165. The molecule has 1 aromatic carbocycles. The van der Waals surface area contributed by atoms with E-state index in [9.17, 15) is 4.79 Å². The van der Waals surface area contributed by atoms with E-state index in [0.29, 0.717) is 24.3 Å². The van der Waals surface area contributed by atoms with Gasteiger partial charge in [-0.15, -0.1) is 0 Å². The van der Waals surface area contributed by atoms with E-state index in [0.717, 1.165) is 5.56 Å². The highest BCUT2D eigenvalue weighted by molar-refractivity contribution is 5.83. The third-order valence-corrected chi connectivity index (χ3v) is 4.04. The molecule has 0 radical (unpaired) electrons. The molecule has 1 fully saturated rings. The first-order chi connectivity index (χ1) is 9.90. The number of methoxy groups -OCH3 is 3. The van der Waals surface area contributed by atoms with Crippen LogP contribution in [0.15, 0.2) is 18.2 Å². The Morgan fingerprint density at radius 3 is 2.52 bits per heavy atom. The lowest BCUT2D eigenvalue weighted by Crippen LogP contribution is -2.39. The van der Waals surface area contributed by atoms with Crippen molar-refractivity contribution in [3.63, 3.8) is 0 Å². The van der Waals surface area contributed by atoms with Gasteiger partial charge in [0, 0.05) is 19.1 Å². The molecule has 2 atom stereocenters. The van der Waals surface area contributed by atoms with E-state index in [1.54, 1.807) is 14.2 Å². The van der Waals surface area contributed by atoms with E-state index in [-0.39, 0.29) is 0 Å². The second kappa shape index (κ2) is 5.66. The Labute approximate surface area is 125 Å². The first-order valence-corrected chi connectivity index (χ1v) is 6.83. The Morgan fingerprint density at radius 2 is 2.00 bits per heavy atom. The average Bonchev–Trinajstić information content (AvgIpc) is 2.86. The number of carbonyl (C=O) groups is 1. The lowest BCUT2D eigenvalue weighted by molar-refractivity contribution is -0.165. The Balaban J connectivity index is 2.58. The number of aryl methyl sites for hydroxylation is 1. The zero-order chi connectivity index (χ0) is 15.7. The topological polar surface area (TPSA) is 54.0 Å². The van der Waals surface area contributed by atoms with Gasteiger partial charge in [0.1, 0.15) is 5.75 Å². The van der Waals surface area contributed by atoms with E-state index < -0.39 is 17.2 Å². The minimum atomic E-state index is -1.20. The largest absolute Gasteiger partial charge is 0.496 e. The van der Waals surface area contributed by atoms with Crippen LogP contribution in [0.25, 0.3) is 0 Å². The highest BCUT2D eigenvalue weighted by atomic mass is 16.6. The third kappa shape index (κ3) is 2.63. The Morgan fingerprint density at radius 1 is 1.29 bits per heavy atom. The van der Waals surface area contributed by atoms with Crippen LogP contribution in [-0.2, 0) is 24.6 Å². The van der Waals surface area contributed by atoms with Gasteiger partial charge in [-0.25, -0.2) is 4.79 Å². The summed E-state index contributed by atoms with van der Waals surface area (Å²) >= 11 is 0. The van der Waals surface area contributed by atoms with Gasteiger partial charge in [0.05, 0.1) is 26.4 Å². The third-order valence-electron chi connectivity index (χ3n) is 4.04. The van der Waals surface area contributed by atoms with Crippen molar-refractivity contribution in [2.45, 2.75) is 31.5 Å². The number of ether oxygens (including phenoxy) is 4. The van der Waals surface area contributed by atoms with Crippen LogP contribution in [0.4, 0.5) is 0 Å². The maximum atomic E-state index is 12.5. The number of esters is 1. The van der Waals surface area contributed by atoms with Gasteiger partial charge in [-0.2, -0.15) is 0 Å². The zero-order valence-corrected chi connectivity index (χ0v) is 13.2. The van der Waals surface area contributed by atoms with Crippen LogP contribution in [0.1, 0.15) is 24.5 Å². The molecule has 0 aliphatic carbocycles. The van der Waals surface area contributed by atoms with Gasteiger partial charge in [-0.05, 0) is 26.0 Å². The molecule has 0 spiro atoms. The maximum absolute atomic E-state index is 12.5. The highest BCUT2D eigenvalue weighted by Gasteiger charge is 2.55. The molecule has 1 aromatic rings. The van der Waals surface area contributed by atoms with Gasteiger partial charge in [0.15, 0.2) is 5.60 Å². The standard InChI is InChI=1S/C16H22O5/c1-11-6-7-13(18-3)12(8-11)16(14(17)19-4)9-15(2,20-5)10-21-16/h6-8H,9-10H2,1-5H3/t15-,16+/m1/s1. The Bertz CT molecular complexity index is 541. The molecule has 21 heavy (non-hydrogen) atoms. The quantitative estimate of drug-likeness (QED) is 0.797. The van der Waals surface area contributed by atoms with Gasteiger partial charge < -0.3 is 18.9 Å². The van der Waals surface area contributed by atoms with Gasteiger partial charge in [0.25, 0.3) is 0 Å². The predicted molar refractivity (Wildman–Crippen MR) is 77.4 cm³/mol.